The average molecular weight is 463 g/mol. The molecule has 0 atom stereocenters. The van der Waals surface area contributed by atoms with Gasteiger partial charge in [0.2, 0.25) is 0 Å². The van der Waals surface area contributed by atoms with Crippen LogP contribution in [0, 0.1) is 5.41 Å². The van der Waals surface area contributed by atoms with Crippen LogP contribution in [-0.4, -0.2) is 57.3 Å². The molecule has 0 aliphatic rings. The van der Waals surface area contributed by atoms with E-state index >= 15 is 0 Å². The van der Waals surface area contributed by atoms with E-state index in [1.165, 1.54) is 0 Å². The molecule has 2 rings (SSSR count). The number of nitrogens with zero attached hydrogens (tertiary/aromatic N) is 4. The third-order valence-corrected chi connectivity index (χ3v) is 5.64. The monoisotopic (exact) mass is 462 g/mol. The van der Waals surface area contributed by atoms with E-state index in [0.29, 0.717) is 26.0 Å². The second kappa shape index (κ2) is 13.4. The van der Waals surface area contributed by atoms with E-state index < -0.39 is 5.41 Å². The highest BCUT2D eigenvalue weighted by Gasteiger charge is 2.33. The highest BCUT2D eigenvalue weighted by molar-refractivity contribution is 5.70. The maximum atomic E-state index is 12.3. The van der Waals surface area contributed by atoms with Crippen molar-refractivity contribution in [2.45, 2.75) is 66.0 Å². The van der Waals surface area contributed by atoms with Crippen LogP contribution < -0.4 is 0 Å². The molecule has 0 aliphatic carbocycles. The summed E-state index contributed by atoms with van der Waals surface area (Å²) in [5.74, 6) is 1.04. The van der Waals surface area contributed by atoms with Gasteiger partial charge in [-0.1, -0.05) is 20.8 Å². The maximum Gasteiger partial charge on any atom is 0.307 e. The van der Waals surface area contributed by atoms with Gasteiger partial charge in [0, 0.05) is 50.7 Å². The SMILES string of the molecule is CCc1nccn1CCC(=O)OCC(CC)(COC=O)COC(=O)CCn1ccnc1CC. The van der Waals surface area contributed by atoms with Crippen LogP contribution in [0.25, 0.3) is 0 Å². The fraction of sp³-hybridized carbons (Fsp3) is 0.609. The Bertz CT molecular complexity index is 829. The van der Waals surface area contributed by atoms with E-state index in [1.54, 1.807) is 12.4 Å². The molecule has 0 spiro atoms. The molecule has 10 heteroatoms. The number of imidazole rings is 2. The highest BCUT2D eigenvalue weighted by atomic mass is 16.6. The largest absolute Gasteiger partial charge is 0.467 e. The van der Waals surface area contributed by atoms with E-state index in [-0.39, 0.29) is 44.6 Å². The summed E-state index contributed by atoms with van der Waals surface area (Å²) in [6.07, 6.45) is 9.46. The number of rotatable bonds is 16. The normalized spacial score (nSPS) is 11.2. The molecule has 0 saturated carbocycles. The number of aromatic nitrogens is 4. The molecule has 0 bridgehead atoms. The van der Waals surface area contributed by atoms with Crippen LogP contribution in [0.5, 0.6) is 0 Å². The molecule has 0 N–H and O–H groups in total. The van der Waals surface area contributed by atoms with E-state index in [1.807, 2.05) is 42.3 Å². The standard InChI is InChI=1S/C23H34N4O6/c1-4-19-24-9-13-26(19)11-7-21(29)32-16-23(6-3,15-31-18-28)17-33-22(30)8-12-27-14-10-25-20(27)5-2/h9-10,13-14,18H,4-8,11-12,15-17H2,1-3H3. The van der Waals surface area contributed by atoms with Gasteiger partial charge in [-0.2, -0.15) is 0 Å². The van der Waals surface area contributed by atoms with Gasteiger partial charge in [0.1, 0.15) is 31.5 Å². The van der Waals surface area contributed by atoms with Crippen LogP contribution in [0.4, 0.5) is 0 Å². The fourth-order valence-corrected chi connectivity index (χ4v) is 3.39. The molecule has 182 valence electrons. The van der Waals surface area contributed by atoms with Crippen molar-refractivity contribution in [1.29, 1.82) is 0 Å². The lowest BCUT2D eigenvalue weighted by molar-refractivity contribution is -0.159. The summed E-state index contributed by atoms with van der Waals surface area (Å²) < 4.78 is 19.7. The first-order valence-corrected chi connectivity index (χ1v) is 11.3. The van der Waals surface area contributed by atoms with Gasteiger partial charge in [-0.15, -0.1) is 0 Å². The zero-order valence-electron chi connectivity index (χ0n) is 19.7. The average Bonchev–Trinajstić information content (AvgIpc) is 3.49. The summed E-state index contributed by atoms with van der Waals surface area (Å²) in [6, 6.07) is 0. The van der Waals surface area contributed by atoms with Gasteiger partial charge in [0.05, 0.1) is 18.3 Å². The molecule has 0 saturated heterocycles. The molecule has 0 radical (unpaired) electrons. The van der Waals surface area contributed by atoms with E-state index in [4.69, 9.17) is 14.2 Å². The van der Waals surface area contributed by atoms with Gasteiger partial charge in [0.25, 0.3) is 6.47 Å². The minimum Gasteiger partial charge on any atom is -0.467 e. The first kappa shape index (κ1) is 26.1. The summed E-state index contributed by atoms with van der Waals surface area (Å²) in [5.41, 5.74) is -0.806. The van der Waals surface area contributed by atoms with E-state index in [2.05, 4.69) is 9.97 Å². The molecule has 0 aliphatic heterocycles. The van der Waals surface area contributed by atoms with Gasteiger partial charge >= 0.3 is 11.9 Å². The number of aryl methyl sites for hydroxylation is 4. The molecule has 0 aromatic carbocycles. The summed E-state index contributed by atoms with van der Waals surface area (Å²) in [4.78, 5) is 43.9. The molecule has 10 nitrogen and oxygen atoms in total. The Hall–Kier alpha value is -3.17. The van der Waals surface area contributed by atoms with Crippen LogP contribution >= 0.6 is 0 Å². The molecule has 2 aromatic heterocycles. The van der Waals surface area contributed by atoms with Gasteiger partial charge in [-0.3, -0.25) is 14.4 Å². The van der Waals surface area contributed by atoms with Crippen molar-refractivity contribution in [1.82, 2.24) is 19.1 Å². The predicted octanol–water partition coefficient (Wildman–Crippen LogP) is 2.34. The third kappa shape index (κ3) is 8.03. The molecular formula is C23H34N4O6. The van der Waals surface area contributed by atoms with Crippen LogP contribution in [0.2, 0.25) is 0 Å². The number of ether oxygens (including phenoxy) is 3. The zero-order valence-corrected chi connectivity index (χ0v) is 19.7. The number of esters is 2. The van der Waals surface area contributed by atoms with Crippen LogP contribution in [0.3, 0.4) is 0 Å². The van der Waals surface area contributed by atoms with Crippen molar-refractivity contribution in [3.63, 3.8) is 0 Å². The van der Waals surface area contributed by atoms with Crippen LogP contribution in [-0.2, 0) is 54.5 Å². The Balaban J connectivity index is 1.86. The number of carbonyl (C=O) groups is 3. The van der Waals surface area contributed by atoms with Crippen molar-refractivity contribution in [3.05, 3.63) is 36.4 Å². The smallest absolute Gasteiger partial charge is 0.307 e. The first-order chi connectivity index (χ1) is 16.0. The van der Waals surface area contributed by atoms with E-state index in [9.17, 15) is 14.4 Å². The zero-order chi connectivity index (χ0) is 24.1. The van der Waals surface area contributed by atoms with Crippen molar-refractivity contribution in [2.75, 3.05) is 19.8 Å². The molecule has 2 heterocycles. The van der Waals surface area contributed by atoms with Crippen LogP contribution in [0.1, 0.15) is 51.7 Å². The van der Waals surface area contributed by atoms with Gasteiger partial charge in [0.15, 0.2) is 0 Å². The number of hydrogen-bond acceptors (Lipinski definition) is 8. The quantitative estimate of drug-likeness (QED) is 0.212. The topological polar surface area (TPSA) is 115 Å². The summed E-state index contributed by atoms with van der Waals surface area (Å²) in [5, 5.41) is 0. The van der Waals surface area contributed by atoms with Gasteiger partial charge in [-0.25, -0.2) is 9.97 Å². The lowest BCUT2D eigenvalue weighted by atomic mass is 9.88. The summed E-state index contributed by atoms with van der Waals surface area (Å²) in [7, 11) is 0. The second-order valence-electron chi connectivity index (χ2n) is 7.86. The molecule has 0 fully saturated rings. The van der Waals surface area contributed by atoms with Crippen molar-refractivity contribution in [2.24, 2.45) is 5.41 Å². The van der Waals surface area contributed by atoms with Crippen molar-refractivity contribution >= 4 is 18.4 Å². The van der Waals surface area contributed by atoms with Crippen LogP contribution in [0.15, 0.2) is 24.8 Å². The maximum absolute atomic E-state index is 12.3. The predicted molar refractivity (Wildman–Crippen MR) is 119 cm³/mol. The fourth-order valence-electron chi connectivity index (χ4n) is 3.39. The highest BCUT2D eigenvalue weighted by Crippen LogP contribution is 2.24. The minimum atomic E-state index is -0.806. The number of hydrogen-bond donors (Lipinski definition) is 0. The molecule has 33 heavy (non-hydrogen) atoms. The molecule has 0 amide bonds. The Labute approximate surface area is 194 Å². The molecule has 2 aromatic rings. The Kier molecular flexibility index (Phi) is 10.6. The molecule has 0 unspecified atom stereocenters. The lowest BCUT2D eigenvalue weighted by Gasteiger charge is -2.30. The van der Waals surface area contributed by atoms with Crippen molar-refractivity contribution < 1.29 is 28.6 Å². The van der Waals surface area contributed by atoms with E-state index in [0.717, 1.165) is 24.5 Å². The van der Waals surface area contributed by atoms with Gasteiger partial charge in [-0.05, 0) is 6.42 Å². The third-order valence-electron chi connectivity index (χ3n) is 5.64. The number of carbonyl (C=O) groups excluding carboxylic acids is 3. The van der Waals surface area contributed by atoms with Gasteiger partial charge < -0.3 is 23.3 Å². The van der Waals surface area contributed by atoms with Crippen molar-refractivity contribution in [3.8, 4) is 0 Å². The molecular weight excluding hydrogens is 428 g/mol. The second-order valence-corrected chi connectivity index (χ2v) is 7.86. The Morgan fingerprint density at radius 2 is 1.36 bits per heavy atom. The summed E-state index contributed by atoms with van der Waals surface area (Å²) >= 11 is 0. The lowest BCUT2D eigenvalue weighted by Crippen LogP contribution is -2.38. The Morgan fingerprint density at radius 1 is 0.879 bits per heavy atom. The summed E-state index contributed by atoms with van der Waals surface area (Å²) in [6.45, 7) is 7.09. The minimum absolute atomic E-state index is 0.0173. The first-order valence-electron chi connectivity index (χ1n) is 11.3. The Morgan fingerprint density at radius 3 is 1.76 bits per heavy atom.